The first-order valence-electron chi connectivity index (χ1n) is 9.03. The van der Waals surface area contributed by atoms with Crippen molar-refractivity contribution >= 4 is 17.8 Å². The molecular weight excluding hydrogens is 370 g/mol. The number of nitriles is 1. The topological polar surface area (TPSA) is 102 Å². The Kier molecular flexibility index (Phi) is 5.06. The van der Waals surface area contributed by atoms with E-state index in [0.717, 1.165) is 31.4 Å². The summed E-state index contributed by atoms with van der Waals surface area (Å²) in [7, 11) is 0. The first kappa shape index (κ1) is 19.7. The third-order valence-electron chi connectivity index (χ3n) is 5.37. The fourth-order valence-electron chi connectivity index (χ4n) is 3.71. The average Bonchev–Trinajstić information content (AvgIpc) is 2.88. The van der Waals surface area contributed by atoms with Crippen LogP contribution in [0.4, 0.5) is 13.6 Å². The van der Waals surface area contributed by atoms with Gasteiger partial charge in [0.25, 0.3) is 5.91 Å². The smallest absolute Gasteiger partial charge is 0.325 e. The van der Waals surface area contributed by atoms with Crippen molar-refractivity contribution in [3.8, 4) is 6.07 Å². The number of halogens is 2. The van der Waals surface area contributed by atoms with Crippen molar-refractivity contribution in [3.05, 3.63) is 35.4 Å². The third-order valence-corrected chi connectivity index (χ3v) is 5.37. The van der Waals surface area contributed by atoms with Crippen LogP contribution in [0, 0.1) is 23.0 Å². The molecule has 1 heterocycles. The zero-order valence-electron chi connectivity index (χ0n) is 15.3. The van der Waals surface area contributed by atoms with E-state index in [1.54, 1.807) is 0 Å². The lowest BCUT2D eigenvalue weighted by molar-refractivity contribution is -0.135. The first-order valence-corrected chi connectivity index (χ1v) is 9.03. The molecule has 2 aliphatic rings. The van der Waals surface area contributed by atoms with Gasteiger partial charge in [0, 0.05) is 0 Å². The van der Waals surface area contributed by atoms with Crippen molar-refractivity contribution in [1.29, 1.82) is 5.26 Å². The molecule has 4 amide bonds. The molecule has 1 aromatic carbocycles. The van der Waals surface area contributed by atoms with E-state index in [2.05, 4.69) is 16.7 Å². The van der Waals surface area contributed by atoms with Crippen molar-refractivity contribution in [2.45, 2.75) is 50.1 Å². The van der Waals surface area contributed by atoms with E-state index in [-0.39, 0.29) is 5.56 Å². The van der Waals surface area contributed by atoms with E-state index in [0.29, 0.717) is 17.7 Å². The summed E-state index contributed by atoms with van der Waals surface area (Å²) < 4.78 is 26.8. The lowest BCUT2D eigenvalue weighted by atomic mass is 9.83. The fraction of sp³-hybridized carbons (Fsp3) is 0.474. The Morgan fingerprint density at radius 1 is 1.25 bits per heavy atom. The maximum absolute atomic E-state index is 13.6. The van der Waals surface area contributed by atoms with Crippen molar-refractivity contribution in [3.63, 3.8) is 0 Å². The molecule has 0 radical (unpaired) electrons. The van der Waals surface area contributed by atoms with Gasteiger partial charge in [-0.3, -0.25) is 14.5 Å². The van der Waals surface area contributed by atoms with E-state index in [1.165, 1.54) is 13.0 Å². The number of carbonyl (C=O) groups is 3. The molecule has 0 aromatic heterocycles. The summed E-state index contributed by atoms with van der Waals surface area (Å²) in [4.78, 5) is 38.2. The van der Waals surface area contributed by atoms with E-state index in [4.69, 9.17) is 0 Å². The van der Waals surface area contributed by atoms with Crippen LogP contribution >= 0.6 is 0 Å². The molecule has 2 fully saturated rings. The maximum Gasteiger partial charge on any atom is 0.325 e. The second-order valence-electron chi connectivity index (χ2n) is 7.38. The summed E-state index contributed by atoms with van der Waals surface area (Å²) in [5.74, 6) is -3.60. The molecule has 0 spiro atoms. The number of urea groups is 1. The van der Waals surface area contributed by atoms with Crippen molar-refractivity contribution in [1.82, 2.24) is 15.5 Å². The Hall–Kier alpha value is -3.02. The Balaban J connectivity index is 1.75. The number of amides is 4. The lowest BCUT2D eigenvalue weighted by Crippen LogP contribution is -2.52. The van der Waals surface area contributed by atoms with E-state index >= 15 is 0 Å². The van der Waals surface area contributed by atoms with Crippen LogP contribution in [-0.2, 0) is 15.1 Å². The molecule has 28 heavy (non-hydrogen) atoms. The first-order chi connectivity index (χ1) is 13.2. The minimum absolute atomic E-state index is 0.0634. The van der Waals surface area contributed by atoms with Crippen LogP contribution in [0.3, 0.4) is 0 Å². The summed E-state index contributed by atoms with van der Waals surface area (Å²) >= 11 is 0. The van der Waals surface area contributed by atoms with Gasteiger partial charge in [-0.15, -0.1) is 0 Å². The predicted molar refractivity (Wildman–Crippen MR) is 93.5 cm³/mol. The van der Waals surface area contributed by atoms with Crippen LogP contribution in [0.5, 0.6) is 0 Å². The molecule has 1 saturated carbocycles. The number of rotatable bonds is 4. The van der Waals surface area contributed by atoms with Crippen molar-refractivity contribution in [2.24, 2.45) is 0 Å². The van der Waals surface area contributed by atoms with Gasteiger partial charge in [0.2, 0.25) is 5.91 Å². The summed E-state index contributed by atoms with van der Waals surface area (Å²) in [5.41, 5.74) is -2.55. The zero-order chi connectivity index (χ0) is 20.5. The zero-order valence-corrected chi connectivity index (χ0v) is 15.3. The van der Waals surface area contributed by atoms with E-state index < -0.39 is 47.1 Å². The second-order valence-corrected chi connectivity index (χ2v) is 7.38. The molecule has 1 unspecified atom stereocenters. The van der Waals surface area contributed by atoms with Crippen LogP contribution in [0.2, 0.25) is 0 Å². The number of hydrogen-bond donors (Lipinski definition) is 2. The van der Waals surface area contributed by atoms with Gasteiger partial charge in [0.1, 0.15) is 17.6 Å². The molecule has 1 saturated heterocycles. The Morgan fingerprint density at radius 2 is 1.93 bits per heavy atom. The Bertz CT molecular complexity index is 876. The molecule has 7 nitrogen and oxygen atoms in total. The Morgan fingerprint density at radius 3 is 2.54 bits per heavy atom. The number of benzene rings is 1. The molecule has 1 atom stereocenters. The van der Waals surface area contributed by atoms with Gasteiger partial charge in [0.05, 0.1) is 6.07 Å². The van der Waals surface area contributed by atoms with E-state index in [1.807, 2.05) is 0 Å². The largest absolute Gasteiger partial charge is 0.336 e. The molecule has 1 aliphatic heterocycles. The number of nitrogens with zero attached hydrogens (tertiary/aromatic N) is 2. The van der Waals surface area contributed by atoms with Gasteiger partial charge in [0.15, 0.2) is 11.6 Å². The molecule has 0 bridgehead atoms. The number of hydrogen-bond acceptors (Lipinski definition) is 4. The third kappa shape index (κ3) is 3.42. The summed E-state index contributed by atoms with van der Waals surface area (Å²) in [5, 5.41) is 14.5. The Labute approximate surface area is 160 Å². The van der Waals surface area contributed by atoms with Crippen molar-refractivity contribution in [2.75, 3.05) is 6.54 Å². The SMILES string of the molecule is CC1(c2ccc(F)c(F)c2)NC(=O)N(CC(=O)NC2(C#N)CCCCC2)C1=O. The molecule has 148 valence electrons. The number of carbonyl (C=O) groups excluding carboxylic acids is 3. The quantitative estimate of drug-likeness (QED) is 0.769. The molecule has 1 aromatic rings. The van der Waals surface area contributed by atoms with Gasteiger partial charge in [-0.05, 0) is 37.5 Å². The molecule has 2 N–H and O–H groups in total. The van der Waals surface area contributed by atoms with Crippen LogP contribution in [0.1, 0.15) is 44.6 Å². The van der Waals surface area contributed by atoms with Crippen LogP contribution < -0.4 is 10.6 Å². The normalized spacial score (nSPS) is 23.9. The molecular formula is C19H20F2N4O3. The minimum atomic E-state index is -1.62. The standard InChI is InChI=1S/C19H20F2N4O3/c1-18(12-5-6-13(20)14(21)9-12)16(27)25(17(28)24-18)10-15(26)23-19(11-22)7-3-2-4-8-19/h5-6,9H,2-4,7-8,10H2,1H3,(H,23,26)(H,24,28). The highest BCUT2D eigenvalue weighted by Crippen LogP contribution is 2.30. The second kappa shape index (κ2) is 7.19. The predicted octanol–water partition coefficient (Wildman–Crippen LogP) is 2.07. The number of imide groups is 1. The average molecular weight is 390 g/mol. The fourth-order valence-corrected chi connectivity index (χ4v) is 3.71. The highest BCUT2D eigenvalue weighted by molar-refractivity contribution is 6.09. The van der Waals surface area contributed by atoms with E-state index in [9.17, 15) is 28.4 Å². The summed E-state index contributed by atoms with van der Waals surface area (Å²) in [6, 6.07) is 4.22. The minimum Gasteiger partial charge on any atom is -0.336 e. The molecule has 1 aliphatic carbocycles. The van der Waals surface area contributed by atoms with Gasteiger partial charge < -0.3 is 10.6 Å². The van der Waals surface area contributed by atoms with Gasteiger partial charge in [-0.1, -0.05) is 25.3 Å². The highest BCUT2D eigenvalue weighted by Gasteiger charge is 2.50. The number of nitrogens with one attached hydrogen (secondary N) is 2. The molecule has 9 heteroatoms. The van der Waals surface area contributed by atoms with Crippen LogP contribution in [0.15, 0.2) is 18.2 Å². The van der Waals surface area contributed by atoms with Crippen molar-refractivity contribution < 1.29 is 23.2 Å². The van der Waals surface area contributed by atoms with Crippen LogP contribution in [-0.4, -0.2) is 34.8 Å². The van der Waals surface area contributed by atoms with Gasteiger partial charge >= 0.3 is 6.03 Å². The monoisotopic (exact) mass is 390 g/mol. The summed E-state index contributed by atoms with van der Waals surface area (Å²) in [6.07, 6.45) is 3.64. The lowest BCUT2D eigenvalue weighted by Gasteiger charge is -2.32. The maximum atomic E-state index is 13.6. The molecule has 3 rings (SSSR count). The van der Waals surface area contributed by atoms with Gasteiger partial charge in [-0.25, -0.2) is 13.6 Å². The van der Waals surface area contributed by atoms with Gasteiger partial charge in [-0.2, -0.15) is 5.26 Å². The summed E-state index contributed by atoms with van der Waals surface area (Å²) in [6.45, 7) is 0.795. The van der Waals surface area contributed by atoms with Crippen LogP contribution in [0.25, 0.3) is 0 Å². The highest BCUT2D eigenvalue weighted by atomic mass is 19.2.